The Labute approximate surface area is 146 Å². The smallest absolute Gasteiger partial charge is 0.244 e. The van der Waals surface area contributed by atoms with E-state index in [1.54, 1.807) is 28.8 Å². The van der Waals surface area contributed by atoms with Crippen molar-refractivity contribution in [2.45, 2.75) is 35.3 Å². The highest BCUT2D eigenvalue weighted by Crippen LogP contribution is 2.42. The highest BCUT2D eigenvalue weighted by atomic mass is 35.5. The first-order chi connectivity index (χ1) is 11.0. The molecule has 1 aromatic carbocycles. The molecule has 1 amide bonds. The van der Waals surface area contributed by atoms with Gasteiger partial charge in [-0.05, 0) is 37.1 Å². The van der Waals surface area contributed by atoms with Gasteiger partial charge in [0.15, 0.2) is 14.6 Å². The number of carbonyl (C=O) groups excluding carboxylic acids is 1. The van der Waals surface area contributed by atoms with Crippen LogP contribution in [0.15, 0.2) is 29.2 Å². The summed E-state index contributed by atoms with van der Waals surface area (Å²) in [5.41, 5.74) is 0. The first-order valence-electron chi connectivity index (χ1n) is 7.85. The zero-order valence-electron chi connectivity index (χ0n) is 12.8. The van der Waals surface area contributed by atoms with Crippen molar-refractivity contribution in [3.05, 3.63) is 29.3 Å². The quantitative estimate of drug-likeness (QED) is 0.817. The zero-order valence-corrected chi connectivity index (χ0v) is 15.2. The molecule has 2 aliphatic rings. The van der Waals surface area contributed by atoms with Gasteiger partial charge in [-0.1, -0.05) is 24.4 Å². The van der Waals surface area contributed by atoms with Crippen LogP contribution in [-0.4, -0.2) is 48.6 Å². The number of halogens is 1. The fourth-order valence-corrected chi connectivity index (χ4v) is 6.60. The SMILES string of the molecule is O=C(N1CCSCC1)C1(S(=O)(=O)c2ccc(Cl)cc2)CCCC1. The molecule has 4 nitrogen and oxygen atoms in total. The molecule has 1 saturated heterocycles. The molecular formula is C16H20ClNO3S2. The topological polar surface area (TPSA) is 54.5 Å². The Kier molecular flexibility index (Phi) is 4.95. The average Bonchev–Trinajstić information content (AvgIpc) is 3.07. The molecule has 0 unspecified atom stereocenters. The van der Waals surface area contributed by atoms with Gasteiger partial charge in [0.1, 0.15) is 0 Å². The number of amides is 1. The normalized spacial score (nSPS) is 21.3. The predicted molar refractivity (Wildman–Crippen MR) is 93.7 cm³/mol. The van der Waals surface area contributed by atoms with Crippen LogP contribution in [0.2, 0.25) is 5.02 Å². The minimum absolute atomic E-state index is 0.198. The number of hydrogen-bond donors (Lipinski definition) is 0. The van der Waals surface area contributed by atoms with Crippen LogP contribution in [0.5, 0.6) is 0 Å². The van der Waals surface area contributed by atoms with Crippen LogP contribution in [0.25, 0.3) is 0 Å². The van der Waals surface area contributed by atoms with Crippen LogP contribution in [0.1, 0.15) is 25.7 Å². The van der Waals surface area contributed by atoms with Crippen molar-refractivity contribution in [2.24, 2.45) is 0 Å². The maximum Gasteiger partial charge on any atom is 0.244 e. The van der Waals surface area contributed by atoms with Crippen LogP contribution in [0.4, 0.5) is 0 Å². The van der Waals surface area contributed by atoms with E-state index < -0.39 is 14.6 Å². The highest BCUT2D eigenvalue weighted by molar-refractivity contribution is 7.99. The lowest BCUT2D eigenvalue weighted by atomic mass is 10.1. The molecule has 3 rings (SSSR count). The lowest BCUT2D eigenvalue weighted by Gasteiger charge is -2.35. The number of carbonyl (C=O) groups is 1. The van der Waals surface area contributed by atoms with E-state index in [1.165, 1.54) is 12.1 Å². The molecule has 1 saturated carbocycles. The lowest BCUT2D eigenvalue weighted by molar-refractivity contribution is -0.133. The second-order valence-corrected chi connectivity index (χ2v) is 9.98. The van der Waals surface area contributed by atoms with E-state index >= 15 is 0 Å². The molecule has 0 bridgehead atoms. The molecule has 0 spiro atoms. The Hall–Kier alpha value is -0.720. The summed E-state index contributed by atoms with van der Waals surface area (Å²) < 4.78 is 25.2. The van der Waals surface area contributed by atoms with Gasteiger partial charge in [0.05, 0.1) is 4.90 Å². The van der Waals surface area contributed by atoms with E-state index in [2.05, 4.69) is 0 Å². The summed E-state index contributed by atoms with van der Waals surface area (Å²) in [6.45, 7) is 1.28. The Morgan fingerprint density at radius 2 is 1.65 bits per heavy atom. The molecule has 1 aliphatic heterocycles. The number of hydrogen-bond acceptors (Lipinski definition) is 4. The van der Waals surface area contributed by atoms with Gasteiger partial charge in [-0.3, -0.25) is 4.79 Å². The van der Waals surface area contributed by atoms with Crippen LogP contribution in [0.3, 0.4) is 0 Å². The molecule has 7 heteroatoms. The lowest BCUT2D eigenvalue weighted by Crippen LogP contribution is -2.54. The first kappa shape index (κ1) is 17.1. The van der Waals surface area contributed by atoms with Crippen LogP contribution in [-0.2, 0) is 14.6 Å². The molecule has 0 radical (unpaired) electrons. The van der Waals surface area contributed by atoms with E-state index in [0.717, 1.165) is 24.3 Å². The second kappa shape index (κ2) is 6.65. The van der Waals surface area contributed by atoms with Crippen molar-refractivity contribution in [3.63, 3.8) is 0 Å². The summed E-state index contributed by atoms with van der Waals surface area (Å²) in [5.74, 6) is 1.55. The van der Waals surface area contributed by atoms with Crippen LogP contribution in [0, 0.1) is 0 Å². The van der Waals surface area contributed by atoms with Gasteiger partial charge < -0.3 is 4.90 Å². The molecule has 126 valence electrons. The minimum Gasteiger partial charge on any atom is -0.340 e. The fourth-order valence-electron chi connectivity index (χ4n) is 3.44. The summed E-state index contributed by atoms with van der Waals surface area (Å²) in [6.07, 6.45) is 2.39. The molecule has 2 fully saturated rings. The number of nitrogens with zero attached hydrogens (tertiary/aromatic N) is 1. The summed E-state index contributed by atoms with van der Waals surface area (Å²) in [5, 5.41) is 0.490. The summed E-state index contributed by atoms with van der Waals surface area (Å²) in [4.78, 5) is 15.1. The molecule has 0 N–H and O–H groups in total. The van der Waals surface area contributed by atoms with Gasteiger partial charge in [-0.2, -0.15) is 11.8 Å². The fraction of sp³-hybridized carbons (Fsp3) is 0.562. The van der Waals surface area contributed by atoms with Crippen LogP contribution >= 0.6 is 23.4 Å². The van der Waals surface area contributed by atoms with E-state index in [-0.39, 0.29) is 10.8 Å². The monoisotopic (exact) mass is 373 g/mol. The Bertz CT molecular complexity index is 676. The number of rotatable bonds is 3. The van der Waals surface area contributed by atoms with Gasteiger partial charge in [-0.25, -0.2) is 8.42 Å². The second-order valence-electron chi connectivity index (χ2n) is 6.06. The van der Waals surface area contributed by atoms with Crippen molar-refractivity contribution < 1.29 is 13.2 Å². The first-order valence-corrected chi connectivity index (χ1v) is 10.9. The van der Waals surface area contributed by atoms with Gasteiger partial charge >= 0.3 is 0 Å². The third-order valence-corrected chi connectivity index (χ3v) is 8.44. The standard InChI is InChI=1S/C16H20ClNO3S2/c17-13-3-5-14(6-4-13)23(20,21)16(7-1-2-8-16)15(19)18-9-11-22-12-10-18/h3-6H,1-2,7-12H2. The Balaban J connectivity index is 1.99. The van der Waals surface area contributed by atoms with Crippen molar-refractivity contribution in [2.75, 3.05) is 24.6 Å². The summed E-state index contributed by atoms with van der Waals surface area (Å²) >= 11 is 7.67. The van der Waals surface area contributed by atoms with E-state index in [1.807, 2.05) is 0 Å². The third kappa shape index (κ3) is 3.01. The van der Waals surface area contributed by atoms with Crippen molar-refractivity contribution >= 4 is 39.1 Å². The number of benzene rings is 1. The summed E-state index contributed by atoms with van der Waals surface area (Å²) in [6, 6.07) is 6.16. The van der Waals surface area contributed by atoms with Crippen molar-refractivity contribution in [3.8, 4) is 0 Å². The Morgan fingerprint density at radius 1 is 1.09 bits per heavy atom. The Morgan fingerprint density at radius 3 is 2.22 bits per heavy atom. The molecule has 1 aliphatic carbocycles. The minimum atomic E-state index is -3.72. The maximum atomic E-state index is 13.3. The van der Waals surface area contributed by atoms with Crippen LogP contribution < -0.4 is 0 Å². The van der Waals surface area contributed by atoms with Crippen molar-refractivity contribution in [1.29, 1.82) is 0 Å². The van der Waals surface area contributed by atoms with E-state index in [9.17, 15) is 13.2 Å². The molecule has 1 heterocycles. The number of thioether (sulfide) groups is 1. The van der Waals surface area contributed by atoms with E-state index in [4.69, 9.17) is 11.6 Å². The predicted octanol–water partition coefficient (Wildman–Crippen LogP) is 3.00. The molecule has 1 aromatic rings. The highest BCUT2D eigenvalue weighted by Gasteiger charge is 2.54. The molecular weight excluding hydrogens is 354 g/mol. The van der Waals surface area contributed by atoms with E-state index in [0.29, 0.717) is 31.0 Å². The summed E-state index contributed by atoms with van der Waals surface area (Å²) in [7, 11) is -3.72. The van der Waals surface area contributed by atoms with Gasteiger partial charge in [0.2, 0.25) is 5.91 Å². The largest absolute Gasteiger partial charge is 0.340 e. The molecule has 0 aromatic heterocycles. The van der Waals surface area contributed by atoms with Gasteiger partial charge in [0.25, 0.3) is 0 Å². The molecule has 23 heavy (non-hydrogen) atoms. The average molecular weight is 374 g/mol. The zero-order chi connectivity index (χ0) is 16.5. The van der Waals surface area contributed by atoms with Crippen molar-refractivity contribution in [1.82, 2.24) is 4.90 Å². The van der Waals surface area contributed by atoms with Gasteiger partial charge in [-0.15, -0.1) is 0 Å². The maximum absolute atomic E-state index is 13.3. The van der Waals surface area contributed by atoms with Gasteiger partial charge in [0, 0.05) is 29.6 Å². The third-order valence-electron chi connectivity index (χ3n) is 4.74. The molecule has 0 atom stereocenters. The number of sulfone groups is 1.